The molecule has 4 N–H and O–H groups in total. The number of carbonyl (C=O) groups is 4. The first-order chi connectivity index (χ1) is 47.4. The zero-order chi connectivity index (χ0) is 69.1. The van der Waals surface area contributed by atoms with Crippen LogP contribution in [0.4, 0.5) is 0 Å². The number of fused-ring (bicyclic) bond motifs is 6. The molecule has 0 bridgehead atoms. The van der Waals surface area contributed by atoms with Gasteiger partial charge in [0.05, 0.1) is 61.6 Å². The van der Waals surface area contributed by atoms with Gasteiger partial charge in [0.15, 0.2) is 0 Å². The van der Waals surface area contributed by atoms with E-state index in [0.717, 1.165) is 30.7 Å². The highest BCUT2D eigenvalue weighted by atomic mass is 16.6. The molecule has 0 amide bonds. The lowest BCUT2D eigenvalue weighted by Crippen LogP contribution is -2.56. The van der Waals surface area contributed by atoms with Crippen LogP contribution in [0.1, 0.15) is 55.3 Å². The third-order valence-corrected chi connectivity index (χ3v) is 17.2. The van der Waals surface area contributed by atoms with Crippen LogP contribution >= 0.6 is 0 Å². The van der Waals surface area contributed by atoms with E-state index in [9.17, 15) is 68.4 Å². The van der Waals surface area contributed by atoms with E-state index in [2.05, 4.69) is 0 Å². The van der Waals surface area contributed by atoms with Crippen molar-refractivity contribution in [2.24, 2.45) is 0 Å². The third kappa shape index (κ3) is 13.2. The molecular formula is C74H64N6O18. The van der Waals surface area contributed by atoms with Crippen LogP contribution in [0, 0.1) is 0 Å². The molecular weight excluding hydrogens is 1260 g/mol. The first kappa shape index (κ1) is 66.3. The number of hydrogen-bond acceptors (Lipinski definition) is 18. The van der Waals surface area contributed by atoms with Crippen molar-refractivity contribution in [3.8, 4) is 11.1 Å². The lowest BCUT2D eigenvalue weighted by atomic mass is 9.93. The first-order valence-corrected chi connectivity index (χ1v) is 31.5. The predicted octanol–water partition coefficient (Wildman–Crippen LogP) is 6.15. The molecule has 0 saturated heterocycles. The maximum absolute atomic E-state index is 14.4. The Hall–Kier alpha value is -11.7. The van der Waals surface area contributed by atoms with Gasteiger partial charge < -0.3 is 39.4 Å². The molecule has 24 nitrogen and oxygen atoms in total. The first-order valence-electron chi connectivity index (χ1n) is 31.5. The highest BCUT2D eigenvalue weighted by Gasteiger charge is 2.28. The fourth-order valence-electron chi connectivity index (χ4n) is 12.2. The zero-order valence-electron chi connectivity index (χ0n) is 52.9. The number of aliphatic hydroxyl groups excluding tert-OH is 4. The average Bonchev–Trinajstić information content (AvgIpc) is 0.769. The molecule has 0 aliphatic carbocycles. The molecule has 0 saturated carbocycles. The Morgan fingerprint density at radius 2 is 0.673 bits per heavy atom. The summed E-state index contributed by atoms with van der Waals surface area (Å²) >= 11 is 0. The second kappa shape index (κ2) is 28.3. The molecule has 12 rings (SSSR count). The molecule has 498 valence electrons. The number of carbonyl (C=O) groups excluding carboxylic acids is 4. The van der Waals surface area contributed by atoms with Crippen LogP contribution in [-0.2, 0) is 58.2 Å². The summed E-state index contributed by atoms with van der Waals surface area (Å²) in [6, 6.07) is 53.1. The maximum atomic E-state index is 14.4. The molecule has 0 spiro atoms. The Balaban J connectivity index is 0.726. The minimum Gasteiger partial charge on any atom is -0.459 e. The van der Waals surface area contributed by atoms with Gasteiger partial charge in [-0.25, -0.2) is 75.3 Å². The number of ether oxygens (including phenoxy) is 4. The molecule has 0 radical (unpaired) electrons. The summed E-state index contributed by atoms with van der Waals surface area (Å²) in [5, 5.41) is 51.3. The topological polar surface area (TPSA) is 318 Å². The van der Waals surface area contributed by atoms with Crippen molar-refractivity contribution < 1.29 is 58.6 Å². The molecule has 12 aromatic rings. The largest absolute Gasteiger partial charge is 0.459 e. The van der Waals surface area contributed by atoms with Crippen LogP contribution in [0.3, 0.4) is 0 Å². The second-order valence-electron chi connectivity index (χ2n) is 23.5. The second-order valence-corrected chi connectivity index (χ2v) is 23.5. The Kier molecular flexibility index (Phi) is 19.2. The van der Waals surface area contributed by atoms with E-state index < -0.39 is 135 Å². The molecule has 2 aromatic heterocycles. The lowest BCUT2D eigenvalue weighted by molar-refractivity contribution is 0.00541. The molecule has 0 fully saturated rings. The molecule has 0 aliphatic rings. The highest BCUT2D eigenvalue weighted by Crippen LogP contribution is 2.35. The van der Waals surface area contributed by atoms with Gasteiger partial charge in [-0.3, -0.25) is 0 Å². The van der Waals surface area contributed by atoms with Gasteiger partial charge in [0.1, 0.15) is 37.6 Å². The minimum absolute atomic E-state index is 0.0463. The van der Waals surface area contributed by atoms with Crippen LogP contribution in [0.15, 0.2) is 211 Å². The van der Waals surface area contributed by atoms with Crippen molar-refractivity contribution in [3.05, 3.63) is 267 Å². The van der Waals surface area contributed by atoms with Crippen LogP contribution in [0.2, 0.25) is 0 Å². The van der Waals surface area contributed by atoms with E-state index in [-0.39, 0.29) is 35.3 Å². The summed E-state index contributed by atoms with van der Waals surface area (Å²) in [6.07, 6.45) is -6.15. The standard InChI is InChI=1S/C74H64N6O18/c1-3-75-69(89)77(35-55(83)41-95-67(87)63-59-18-10-7-15-49(59)32-50-16-8-11-19-60(50)63)73(93)78(70(75)90)36-56(84)42-96-68(88)64-61-20-12-9-17-51(61)33-52-26-24-48(34-62(52)64)46-22-23-47-31-54(28-25-45(47)29-46)66(86)98-58(40-82)38-80-72(92)76(4-2)71(91)79(74(80)94)37-57(39-81)97-65(85)53-27-21-43-13-5-6-14-44(43)30-53/h5-34,55-58,81-84H,3-4,35-42H2,1-2H3. The SMILES string of the molecule is CCn1c(=O)n(CC(O)COC(=O)c2c3ccccc3cc3ccccc23)c(=O)n(CC(O)COC(=O)c2c3ccccc3cc3ccc(-c4ccc5cc(C(=O)OC(CO)Cn6c(=O)n(CC)c(=O)n(CC(CO)OC(=O)c7ccc8ccccc8c7)c6=O)ccc5c4)cc23)c1=O. The van der Waals surface area contributed by atoms with E-state index >= 15 is 0 Å². The van der Waals surface area contributed by atoms with E-state index in [0.29, 0.717) is 72.5 Å². The summed E-state index contributed by atoms with van der Waals surface area (Å²) in [5.41, 5.74) is -4.57. The summed E-state index contributed by atoms with van der Waals surface area (Å²) in [5.74, 6) is -3.35. The van der Waals surface area contributed by atoms with Gasteiger partial charge in [-0.15, -0.1) is 0 Å². The van der Waals surface area contributed by atoms with Crippen molar-refractivity contribution in [1.82, 2.24) is 27.4 Å². The van der Waals surface area contributed by atoms with Crippen molar-refractivity contribution in [3.63, 3.8) is 0 Å². The molecule has 0 aliphatic heterocycles. The fraction of sp³-hybridized carbons (Fsp3) is 0.216. The van der Waals surface area contributed by atoms with Crippen molar-refractivity contribution >= 4 is 88.5 Å². The lowest BCUT2D eigenvalue weighted by Gasteiger charge is -2.20. The Labute approximate surface area is 554 Å². The number of hydrogen-bond donors (Lipinski definition) is 4. The van der Waals surface area contributed by atoms with E-state index in [1.54, 1.807) is 97.1 Å². The van der Waals surface area contributed by atoms with Gasteiger partial charge >= 0.3 is 58.0 Å². The molecule has 10 aromatic carbocycles. The Morgan fingerprint density at radius 1 is 0.347 bits per heavy atom. The average molecular weight is 1330 g/mol. The fourth-order valence-corrected chi connectivity index (χ4v) is 12.2. The minimum atomic E-state index is -1.67. The van der Waals surface area contributed by atoms with Crippen molar-refractivity contribution in [1.29, 1.82) is 0 Å². The molecule has 98 heavy (non-hydrogen) atoms. The van der Waals surface area contributed by atoms with Crippen molar-refractivity contribution in [2.45, 2.75) is 77.5 Å². The smallest absolute Gasteiger partial charge is 0.339 e. The van der Waals surface area contributed by atoms with Gasteiger partial charge in [-0.1, -0.05) is 133 Å². The van der Waals surface area contributed by atoms with Gasteiger partial charge in [0.25, 0.3) is 0 Å². The number of aliphatic hydroxyl groups is 4. The van der Waals surface area contributed by atoms with Gasteiger partial charge in [-0.05, 0) is 138 Å². The number of rotatable bonds is 23. The van der Waals surface area contributed by atoms with Crippen LogP contribution in [0.25, 0.3) is 75.8 Å². The molecule has 4 atom stereocenters. The number of benzene rings is 10. The Bertz CT molecular complexity index is 5520. The summed E-state index contributed by atoms with van der Waals surface area (Å²) in [7, 11) is 0. The van der Waals surface area contributed by atoms with Gasteiger partial charge in [-0.2, -0.15) is 0 Å². The number of nitrogens with zero attached hydrogens (tertiary/aromatic N) is 6. The maximum Gasteiger partial charge on any atom is 0.339 e. The summed E-state index contributed by atoms with van der Waals surface area (Å²) in [4.78, 5) is 137. The molecule has 4 unspecified atom stereocenters. The normalized spacial score (nSPS) is 12.8. The number of esters is 4. The predicted molar refractivity (Wildman–Crippen MR) is 365 cm³/mol. The number of aromatic nitrogens is 6. The molecule has 24 heteroatoms. The van der Waals surface area contributed by atoms with Crippen LogP contribution in [-0.4, -0.2) is 123 Å². The molecule has 2 heterocycles. The van der Waals surface area contributed by atoms with Crippen LogP contribution < -0.4 is 34.1 Å². The van der Waals surface area contributed by atoms with Gasteiger partial charge in [0.2, 0.25) is 0 Å². The summed E-state index contributed by atoms with van der Waals surface area (Å²) in [6.45, 7) is -3.14. The van der Waals surface area contributed by atoms with Crippen molar-refractivity contribution in [2.75, 3.05) is 26.4 Å². The van der Waals surface area contributed by atoms with E-state index in [1.165, 1.54) is 26.0 Å². The van der Waals surface area contributed by atoms with Crippen LogP contribution in [0.5, 0.6) is 0 Å². The quantitative estimate of drug-likeness (QED) is 0.0317. The monoisotopic (exact) mass is 1320 g/mol. The van der Waals surface area contributed by atoms with E-state index in [1.807, 2.05) is 72.8 Å². The Morgan fingerprint density at radius 3 is 1.11 bits per heavy atom. The van der Waals surface area contributed by atoms with E-state index in [4.69, 9.17) is 18.9 Å². The summed E-state index contributed by atoms with van der Waals surface area (Å²) < 4.78 is 26.4. The zero-order valence-corrected chi connectivity index (χ0v) is 52.9. The third-order valence-electron chi connectivity index (χ3n) is 17.2. The van der Waals surface area contributed by atoms with Gasteiger partial charge in [0, 0.05) is 13.1 Å². The highest BCUT2D eigenvalue weighted by molar-refractivity contribution is 6.18.